The van der Waals surface area contributed by atoms with E-state index in [0.29, 0.717) is 6.54 Å². The molecular weight excluding hydrogens is 146 g/mol. The highest BCUT2D eigenvalue weighted by Crippen LogP contribution is 2.14. The molecule has 0 spiro atoms. The van der Waals surface area contributed by atoms with Gasteiger partial charge in [-0.05, 0) is 19.4 Å². The lowest BCUT2D eigenvalue weighted by atomic mass is 9.94. The minimum atomic E-state index is -1.19. The average molecular weight is 159 g/mol. The molecule has 0 radical (unpaired) electrons. The molecule has 1 fully saturated rings. The maximum Gasteiger partial charge on any atom is 0.332 e. The number of hydrogen-bond donors (Lipinski definition) is 3. The van der Waals surface area contributed by atoms with Gasteiger partial charge in [0.2, 0.25) is 0 Å². The second-order valence-corrected chi connectivity index (χ2v) is 2.89. The maximum atomic E-state index is 10.3. The van der Waals surface area contributed by atoms with Crippen LogP contribution in [0.4, 0.5) is 0 Å². The Morgan fingerprint density at radius 2 is 2.36 bits per heavy atom. The van der Waals surface area contributed by atoms with Gasteiger partial charge in [-0.25, -0.2) is 4.79 Å². The van der Waals surface area contributed by atoms with Crippen LogP contribution in [-0.4, -0.2) is 35.4 Å². The molecule has 4 nitrogen and oxygen atoms in total. The van der Waals surface area contributed by atoms with Gasteiger partial charge < -0.3 is 15.5 Å². The summed E-state index contributed by atoms with van der Waals surface area (Å²) in [7, 11) is 0. The van der Waals surface area contributed by atoms with Gasteiger partial charge >= 0.3 is 5.97 Å². The van der Waals surface area contributed by atoms with E-state index in [2.05, 4.69) is 5.32 Å². The van der Waals surface area contributed by atoms with Gasteiger partial charge in [0.25, 0.3) is 0 Å². The highest BCUT2D eigenvalue weighted by molar-refractivity contribution is 5.72. The normalized spacial score (nSPS) is 27.9. The Balaban J connectivity index is 2.38. The van der Waals surface area contributed by atoms with Crippen LogP contribution >= 0.6 is 0 Å². The predicted octanol–water partition coefficient (Wildman–Crippen LogP) is -0.568. The first kappa shape index (κ1) is 8.49. The van der Waals surface area contributed by atoms with Gasteiger partial charge in [-0.2, -0.15) is 0 Å². The van der Waals surface area contributed by atoms with Gasteiger partial charge in [0, 0.05) is 12.5 Å². The number of hydrogen-bond acceptors (Lipinski definition) is 3. The number of aliphatic hydroxyl groups excluding tert-OH is 1. The smallest absolute Gasteiger partial charge is 0.332 e. The molecular formula is C7H13NO3. The highest BCUT2D eigenvalue weighted by Gasteiger charge is 2.26. The van der Waals surface area contributed by atoms with Crippen molar-refractivity contribution in [2.45, 2.75) is 18.9 Å². The van der Waals surface area contributed by atoms with E-state index in [0.717, 1.165) is 19.4 Å². The molecule has 64 valence electrons. The lowest BCUT2D eigenvalue weighted by molar-refractivity contribution is -0.150. The first-order chi connectivity index (χ1) is 5.22. The second kappa shape index (κ2) is 3.69. The molecule has 1 saturated heterocycles. The first-order valence-electron chi connectivity index (χ1n) is 3.83. The fourth-order valence-electron chi connectivity index (χ4n) is 1.35. The largest absolute Gasteiger partial charge is 0.479 e. The number of nitrogens with one attached hydrogen (secondary N) is 1. The van der Waals surface area contributed by atoms with Gasteiger partial charge in [-0.15, -0.1) is 0 Å². The summed E-state index contributed by atoms with van der Waals surface area (Å²) in [5, 5.41) is 20.6. The van der Waals surface area contributed by atoms with Crippen LogP contribution in [0.15, 0.2) is 0 Å². The van der Waals surface area contributed by atoms with E-state index in [4.69, 9.17) is 10.2 Å². The molecule has 0 amide bonds. The monoisotopic (exact) mass is 159 g/mol. The molecule has 1 aliphatic heterocycles. The number of carbonyl (C=O) groups is 1. The quantitative estimate of drug-likeness (QED) is 0.504. The van der Waals surface area contributed by atoms with Crippen molar-refractivity contribution in [3.63, 3.8) is 0 Å². The Labute approximate surface area is 65.2 Å². The van der Waals surface area contributed by atoms with Crippen molar-refractivity contribution in [2.24, 2.45) is 5.92 Å². The van der Waals surface area contributed by atoms with Crippen LogP contribution in [0, 0.1) is 5.92 Å². The Morgan fingerprint density at radius 3 is 2.82 bits per heavy atom. The molecule has 0 aromatic rings. The summed E-state index contributed by atoms with van der Waals surface area (Å²) in [4.78, 5) is 10.3. The molecule has 1 rings (SSSR count). The van der Waals surface area contributed by atoms with Gasteiger partial charge in [0.15, 0.2) is 6.10 Å². The van der Waals surface area contributed by atoms with E-state index in [1.165, 1.54) is 0 Å². The zero-order chi connectivity index (χ0) is 8.27. The predicted molar refractivity (Wildman–Crippen MR) is 39.2 cm³/mol. The van der Waals surface area contributed by atoms with Crippen LogP contribution in [-0.2, 0) is 4.79 Å². The molecule has 0 aromatic heterocycles. The molecule has 11 heavy (non-hydrogen) atoms. The molecule has 1 aliphatic rings. The molecule has 0 saturated carbocycles. The van der Waals surface area contributed by atoms with Gasteiger partial charge in [-0.1, -0.05) is 0 Å². The summed E-state index contributed by atoms with van der Waals surface area (Å²) in [5.74, 6) is -1.22. The third-order valence-corrected chi connectivity index (χ3v) is 2.03. The maximum absolute atomic E-state index is 10.3. The summed E-state index contributed by atoms with van der Waals surface area (Å²) in [6.07, 6.45) is 0.568. The Hall–Kier alpha value is -0.610. The number of carboxylic acids is 1. The number of rotatable bonds is 2. The lowest BCUT2D eigenvalue weighted by Crippen LogP contribution is -2.40. The summed E-state index contributed by atoms with van der Waals surface area (Å²) < 4.78 is 0. The fourth-order valence-corrected chi connectivity index (χ4v) is 1.35. The van der Waals surface area contributed by atoms with E-state index < -0.39 is 12.1 Å². The Morgan fingerprint density at radius 1 is 1.64 bits per heavy atom. The topological polar surface area (TPSA) is 69.6 Å². The molecule has 0 aromatic carbocycles. The zero-order valence-electron chi connectivity index (χ0n) is 6.29. The second-order valence-electron chi connectivity index (χ2n) is 2.89. The van der Waals surface area contributed by atoms with Crippen molar-refractivity contribution in [1.29, 1.82) is 0 Å². The number of piperidine rings is 1. The molecule has 0 aliphatic carbocycles. The van der Waals surface area contributed by atoms with E-state index in [-0.39, 0.29) is 5.92 Å². The van der Waals surface area contributed by atoms with Gasteiger partial charge in [0.1, 0.15) is 0 Å². The molecule has 2 atom stereocenters. The van der Waals surface area contributed by atoms with Crippen LogP contribution in [0.3, 0.4) is 0 Å². The molecule has 0 bridgehead atoms. The van der Waals surface area contributed by atoms with Crippen molar-refractivity contribution in [2.75, 3.05) is 13.1 Å². The number of aliphatic carboxylic acids is 1. The average Bonchev–Trinajstić information content (AvgIpc) is 2.05. The van der Waals surface area contributed by atoms with Crippen LogP contribution in [0.5, 0.6) is 0 Å². The summed E-state index contributed by atoms with van der Waals surface area (Å²) in [6.45, 7) is 1.55. The SMILES string of the molecule is O=C(O)[C@@H](O)[C@@H]1CCCNC1. The van der Waals surface area contributed by atoms with E-state index >= 15 is 0 Å². The molecule has 4 heteroatoms. The minimum Gasteiger partial charge on any atom is -0.479 e. The number of aliphatic hydroxyl groups is 1. The van der Waals surface area contributed by atoms with Crippen molar-refractivity contribution in [1.82, 2.24) is 5.32 Å². The zero-order valence-corrected chi connectivity index (χ0v) is 6.29. The number of carboxylic acid groups (broad SMARTS) is 1. The third-order valence-electron chi connectivity index (χ3n) is 2.03. The van der Waals surface area contributed by atoms with Crippen LogP contribution in [0.25, 0.3) is 0 Å². The van der Waals surface area contributed by atoms with Gasteiger partial charge in [-0.3, -0.25) is 0 Å². The third kappa shape index (κ3) is 2.17. The lowest BCUT2D eigenvalue weighted by Gasteiger charge is -2.24. The molecule has 0 unspecified atom stereocenters. The Bertz CT molecular complexity index is 143. The van der Waals surface area contributed by atoms with E-state index in [1.54, 1.807) is 0 Å². The van der Waals surface area contributed by atoms with Crippen LogP contribution in [0.2, 0.25) is 0 Å². The van der Waals surface area contributed by atoms with Gasteiger partial charge in [0.05, 0.1) is 0 Å². The summed E-state index contributed by atoms with van der Waals surface area (Å²) in [6, 6.07) is 0. The fraction of sp³-hybridized carbons (Fsp3) is 0.857. The Kier molecular flexibility index (Phi) is 2.84. The highest BCUT2D eigenvalue weighted by atomic mass is 16.4. The van der Waals surface area contributed by atoms with Crippen molar-refractivity contribution < 1.29 is 15.0 Å². The molecule has 3 N–H and O–H groups in total. The van der Waals surface area contributed by atoms with Crippen molar-refractivity contribution in [3.8, 4) is 0 Å². The standard InChI is InChI=1S/C7H13NO3/c9-6(7(10)11)5-2-1-3-8-4-5/h5-6,8-9H,1-4H2,(H,10,11)/t5-,6+/m1/s1. The van der Waals surface area contributed by atoms with Crippen LogP contribution in [0.1, 0.15) is 12.8 Å². The minimum absolute atomic E-state index is 0.110. The summed E-state index contributed by atoms with van der Waals surface area (Å²) >= 11 is 0. The van der Waals surface area contributed by atoms with E-state index in [9.17, 15) is 4.79 Å². The van der Waals surface area contributed by atoms with Crippen LogP contribution < -0.4 is 5.32 Å². The van der Waals surface area contributed by atoms with Crippen molar-refractivity contribution >= 4 is 5.97 Å². The van der Waals surface area contributed by atoms with E-state index in [1.807, 2.05) is 0 Å². The van der Waals surface area contributed by atoms with Crippen molar-refractivity contribution in [3.05, 3.63) is 0 Å². The first-order valence-corrected chi connectivity index (χ1v) is 3.83. The summed E-state index contributed by atoms with van der Waals surface area (Å²) in [5.41, 5.74) is 0. The molecule has 1 heterocycles.